The summed E-state index contributed by atoms with van der Waals surface area (Å²) in [7, 11) is 0. The van der Waals surface area contributed by atoms with Crippen molar-refractivity contribution < 1.29 is 9.53 Å². The van der Waals surface area contributed by atoms with E-state index in [2.05, 4.69) is 13.8 Å². The van der Waals surface area contributed by atoms with E-state index in [0.29, 0.717) is 17.8 Å². The van der Waals surface area contributed by atoms with Gasteiger partial charge in [0.15, 0.2) is 5.78 Å². The molecule has 2 nitrogen and oxygen atoms in total. The Bertz CT molecular complexity index is 290. The van der Waals surface area contributed by atoms with E-state index in [1.54, 1.807) is 0 Å². The standard InChI is InChI=1S/C16H28O2/c1-4-18-16(11-9-15(2,3)10-12-16)14(17)13-7-5-6-8-13/h13H,4-12H2,1-3H3. The summed E-state index contributed by atoms with van der Waals surface area (Å²) in [6.07, 6.45) is 8.74. The molecule has 0 atom stereocenters. The van der Waals surface area contributed by atoms with Crippen LogP contribution in [0.5, 0.6) is 0 Å². The van der Waals surface area contributed by atoms with Crippen molar-refractivity contribution in [2.24, 2.45) is 11.3 Å². The van der Waals surface area contributed by atoms with Crippen LogP contribution in [0, 0.1) is 11.3 Å². The predicted molar refractivity (Wildman–Crippen MR) is 73.6 cm³/mol. The molecule has 0 amide bonds. The van der Waals surface area contributed by atoms with E-state index in [0.717, 1.165) is 38.5 Å². The SMILES string of the molecule is CCOC1(C(=O)C2CCCC2)CCC(C)(C)CC1. The van der Waals surface area contributed by atoms with Gasteiger partial charge in [-0.05, 0) is 50.9 Å². The van der Waals surface area contributed by atoms with Gasteiger partial charge in [-0.3, -0.25) is 4.79 Å². The molecule has 0 bridgehead atoms. The Morgan fingerprint density at radius 2 is 1.67 bits per heavy atom. The zero-order valence-corrected chi connectivity index (χ0v) is 12.3. The monoisotopic (exact) mass is 252 g/mol. The van der Waals surface area contributed by atoms with Gasteiger partial charge in [-0.25, -0.2) is 0 Å². The van der Waals surface area contributed by atoms with Crippen LogP contribution in [-0.2, 0) is 9.53 Å². The lowest BCUT2D eigenvalue weighted by molar-refractivity contribution is -0.156. The summed E-state index contributed by atoms with van der Waals surface area (Å²) in [5.74, 6) is 0.718. The lowest BCUT2D eigenvalue weighted by Gasteiger charge is -2.43. The quantitative estimate of drug-likeness (QED) is 0.752. The van der Waals surface area contributed by atoms with E-state index in [9.17, 15) is 4.79 Å². The van der Waals surface area contributed by atoms with Crippen molar-refractivity contribution in [3.8, 4) is 0 Å². The van der Waals surface area contributed by atoms with E-state index in [4.69, 9.17) is 4.74 Å². The molecular formula is C16H28O2. The Kier molecular flexibility index (Phi) is 4.15. The molecule has 2 rings (SSSR count). The second-order valence-electron chi connectivity index (χ2n) is 6.94. The molecule has 0 unspecified atom stereocenters. The first-order valence-electron chi connectivity index (χ1n) is 7.67. The topological polar surface area (TPSA) is 26.3 Å². The molecule has 2 saturated carbocycles. The molecule has 0 radical (unpaired) electrons. The van der Waals surface area contributed by atoms with E-state index in [1.807, 2.05) is 6.92 Å². The molecule has 2 fully saturated rings. The van der Waals surface area contributed by atoms with Gasteiger partial charge in [-0.1, -0.05) is 26.7 Å². The third-order valence-electron chi connectivity index (χ3n) is 5.01. The van der Waals surface area contributed by atoms with Crippen LogP contribution in [0.1, 0.15) is 72.1 Å². The fourth-order valence-corrected chi connectivity index (χ4v) is 3.63. The van der Waals surface area contributed by atoms with Crippen LogP contribution in [-0.4, -0.2) is 18.0 Å². The van der Waals surface area contributed by atoms with Crippen LogP contribution in [0.25, 0.3) is 0 Å². The molecule has 2 aliphatic carbocycles. The maximum Gasteiger partial charge on any atom is 0.167 e. The Morgan fingerprint density at radius 1 is 1.11 bits per heavy atom. The fourth-order valence-electron chi connectivity index (χ4n) is 3.63. The predicted octanol–water partition coefficient (Wildman–Crippen LogP) is 4.12. The average Bonchev–Trinajstić information content (AvgIpc) is 2.85. The number of carbonyl (C=O) groups excluding carboxylic acids is 1. The summed E-state index contributed by atoms with van der Waals surface area (Å²) >= 11 is 0. The summed E-state index contributed by atoms with van der Waals surface area (Å²) < 4.78 is 5.99. The van der Waals surface area contributed by atoms with Crippen molar-refractivity contribution in [2.75, 3.05) is 6.61 Å². The first-order chi connectivity index (χ1) is 8.49. The first kappa shape index (κ1) is 14.0. The summed E-state index contributed by atoms with van der Waals surface area (Å²) in [4.78, 5) is 12.8. The third-order valence-corrected chi connectivity index (χ3v) is 5.01. The number of Topliss-reactive ketones (excluding diaryl/α,β-unsaturated/α-hetero) is 1. The van der Waals surface area contributed by atoms with Gasteiger partial charge in [0, 0.05) is 12.5 Å². The van der Waals surface area contributed by atoms with Crippen LogP contribution in [0.2, 0.25) is 0 Å². The van der Waals surface area contributed by atoms with Crippen molar-refractivity contribution in [1.29, 1.82) is 0 Å². The minimum Gasteiger partial charge on any atom is -0.367 e. The molecule has 0 heterocycles. The second-order valence-corrected chi connectivity index (χ2v) is 6.94. The number of hydrogen-bond acceptors (Lipinski definition) is 2. The number of rotatable bonds is 4. The third kappa shape index (κ3) is 2.79. The molecule has 0 saturated heterocycles. The van der Waals surface area contributed by atoms with Gasteiger partial charge in [0.25, 0.3) is 0 Å². The van der Waals surface area contributed by atoms with Crippen molar-refractivity contribution >= 4 is 5.78 Å². The summed E-state index contributed by atoms with van der Waals surface area (Å²) in [6.45, 7) is 7.30. The number of ether oxygens (including phenoxy) is 1. The van der Waals surface area contributed by atoms with Crippen LogP contribution in [0.3, 0.4) is 0 Å². The maximum absolute atomic E-state index is 12.8. The van der Waals surface area contributed by atoms with Gasteiger partial charge in [0.05, 0.1) is 0 Å². The average molecular weight is 252 g/mol. The molecule has 2 aliphatic rings. The van der Waals surface area contributed by atoms with Gasteiger partial charge >= 0.3 is 0 Å². The van der Waals surface area contributed by atoms with Crippen molar-refractivity contribution in [1.82, 2.24) is 0 Å². The largest absolute Gasteiger partial charge is 0.367 e. The van der Waals surface area contributed by atoms with E-state index in [-0.39, 0.29) is 5.92 Å². The van der Waals surface area contributed by atoms with Crippen molar-refractivity contribution in [3.63, 3.8) is 0 Å². The summed E-state index contributed by atoms with van der Waals surface area (Å²) in [5, 5.41) is 0. The van der Waals surface area contributed by atoms with Gasteiger partial charge in [-0.15, -0.1) is 0 Å². The number of ketones is 1. The fraction of sp³-hybridized carbons (Fsp3) is 0.938. The lowest BCUT2D eigenvalue weighted by atomic mass is 9.67. The van der Waals surface area contributed by atoms with Crippen molar-refractivity contribution in [2.45, 2.75) is 77.7 Å². The molecule has 0 aromatic heterocycles. The Hall–Kier alpha value is -0.370. The minimum absolute atomic E-state index is 0.290. The van der Waals surface area contributed by atoms with Crippen molar-refractivity contribution in [3.05, 3.63) is 0 Å². The number of carbonyl (C=O) groups is 1. The molecule has 18 heavy (non-hydrogen) atoms. The van der Waals surface area contributed by atoms with E-state index in [1.165, 1.54) is 12.8 Å². The van der Waals surface area contributed by atoms with Gasteiger partial charge < -0.3 is 4.74 Å². The minimum atomic E-state index is -0.431. The first-order valence-corrected chi connectivity index (χ1v) is 7.67. The molecule has 0 aromatic carbocycles. The molecule has 0 N–H and O–H groups in total. The molecule has 2 heteroatoms. The van der Waals surface area contributed by atoms with E-state index < -0.39 is 5.60 Å². The van der Waals surface area contributed by atoms with Crippen LogP contribution in [0.4, 0.5) is 0 Å². The zero-order valence-electron chi connectivity index (χ0n) is 12.3. The van der Waals surface area contributed by atoms with Gasteiger partial charge in [0.2, 0.25) is 0 Å². The Morgan fingerprint density at radius 3 is 2.17 bits per heavy atom. The van der Waals surface area contributed by atoms with Gasteiger partial charge in [-0.2, -0.15) is 0 Å². The highest BCUT2D eigenvalue weighted by atomic mass is 16.5. The van der Waals surface area contributed by atoms with Crippen LogP contribution < -0.4 is 0 Å². The van der Waals surface area contributed by atoms with Crippen LogP contribution in [0.15, 0.2) is 0 Å². The second kappa shape index (κ2) is 5.32. The highest BCUT2D eigenvalue weighted by molar-refractivity contribution is 5.89. The van der Waals surface area contributed by atoms with Gasteiger partial charge in [0.1, 0.15) is 5.60 Å². The zero-order chi connectivity index (χ0) is 13.2. The Balaban J connectivity index is 2.09. The van der Waals surface area contributed by atoms with Crippen LogP contribution >= 0.6 is 0 Å². The number of hydrogen-bond donors (Lipinski definition) is 0. The highest BCUT2D eigenvalue weighted by Gasteiger charge is 2.47. The molecule has 104 valence electrons. The smallest absolute Gasteiger partial charge is 0.167 e. The molecule has 0 aromatic rings. The summed E-state index contributed by atoms with van der Waals surface area (Å²) in [6, 6.07) is 0. The normalized spacial score (nSPS) is 27.3. The Labute approximate surface area is 111 Å². The molecular weight excluding hydrogens is 224 g/mol. The molecule has 0 aliphatic heterocycles. The maximum atomic E-state index is 12.8. The lowest BCUT2D eigenvalue weighted by Crippen LogP contribution is -2.48. The molecule has 0 spiro atoms. The summed E-state index contributed by atoms with van der Waals surface area (Å²) in [5.41, 5.74) is -0.0458. The highest BCUT2D eigenvalue weighted by Crippen LogP contribution is 2.45. The van der Waals surface area contributed by atoms with E-state index >= 15 is 0 Å².